The standard InChI is InChI=1S/C29H32N4O4/c1-20-4-2-5-23(18-20)32-29(35)31-22-8-6-21(7-9-22)24-10-11-26(27-25(24)19-30-28(27)34)37-15-3-12-33-13-16-36-17-14-33/h2,4-11,18H,3,12-17,19H2,1H3,(H,30,34)(H2,31,32,35). The van der Waals surface area contributed by atoms with Crippen molar-refractivity contribution in [3.63, 3.8) is 0 Å². The van der Waals surface area contributed by atoms with Crippen LogP contribution in [0.2, 0.25) is 0 Å². The second-order valence-electron chi connectivity index (χ2n) is 9.33. The van der Waals surface area contributed by atoms with Crippen LogP contribution in [0, 0.1) is 6.92 Å². The molecule has 37 heavy (non-hydrogen) atoms. The number of nitrogens with zero attached hydrogens (tertiary/aromatic N) is 1. The van der Waals surface area contributed by atoms with Crippen molar-refractivity contribution in [2.75, 3.05) is 50.1 Å². The van der Waals surface area contributed by atoms with E-state index >= 15 is 0 Å². The number of ether oxygens (including phenoxy) is 2. The Bertz CT molecular complexity index is 1270. The normalized spacial score (nSPS) is 15.1. The second kappa shape index (κ2) is 11.5. The highest BCUT2D eigenvalue weighted by Crippen LogP contribution is 2.35. The minimum Gasteiger partial charge on any atom is -0.493 e. The summed E-state index contributed by atoms with van der Waals surface area (Å²) >= 11 is 0. The van der Waals surface area contributed by atoms with Crippen molar-refractivity contribution in [2.45, 2.75) is 19.9 Å². The molecule has 0 saturated carbocycles. The van der Waals surface area contributed by atoms with Crippen LogP contribution in [0.1, 0.15) is 27.9 Å². The number of carbonyl (C=O) groups excluding carboxylic acids is 2. The Kier molecular flexibility index (Phi) is 7.67. The first-order valence-electron chi connectivity index (χ1n) is 12.7. The minimum atomic E-state index is -0.302. The third-order valence-corrected chi connectivity index (χ3v) is 6.64. The number of morpholine rings is 1. The van der Waals surface area contributed by atoms with Gasteiger partial charge in [0.1, 0.15) is 5.75 Å². The summed E-state index contributed by atoms with van der Waals surface area (Å²) in [5.41, 5.74) is 6.00. The van der Waals surface area contributed by atoms with Crippen LogP contribution in [0.15, 0.2) is 60.7 Å². The molecular formula is C29H32N4O4. The number of urea groups is 1. The quantitative estimate of drug-likeness (QED) is 0.392. The fraction of sp³-hybridized carbons (Fsp3) is 0.310. The summed E-state index contributed by atoms with van der Waals surface area (Å²) in [6.45, 7) is 7.44. The summed E-state index contributed by atoms with van der Waals surface area (Å²) < 4.78 is 11.4. The molecule has 1 fully saturated rings. The van der Waals surface area contributed by atoms with Gasteiger partial charge in [-0.15, -0.1) is 0 Å². The van der Waals surface area contributed by atoms with Gasteiger partial charge < -0.3 is 25.4 Å². The molecular weight excluding hydrogens is 468 g/mol. The Balaban J connectivity index is 1.23. The smallest absolute Gasteiger partial charge is 0.323 e. The summed E-state index contributed by atoms with van der Waals surface area (Å²) in [5, 5.41) is 8.64. The molecule has 0 radical (unpaired) electrons. The van der Waals surface area contributed by atoms with Crippen molar-refractivity contribution in [1.29, 1.82) is 0 Å². The summed E-state index contributed by atoms with van der Waals surface area (Å²) in [5.74, 6) is 0.521. The van der Waals surface area contributed by atoms with Crippen LogP contribution in [-0.4, -0.2) is 56.3 Å². The lowest BCUT2D eigenvalue weighted by Gasteiger charge is -2.26. The Morgan fingerprint density at radius 1 is 1.03 bits per heavy atom. The number of aryl methyl sites for hydroxylation is 1. The van der Waals surface area contributed by atoms with Crippen LogP contribution in [0.5, 0.6) is 5.75 Å². The molecule has 0 unspecified atom stereocenters. The molecule has 2 aliphatic heterocycles. The zero-order valence-electron chi connectivity index (χ0n) is 21.0. The molecule has 3 amide bonds. The van der Waals surface area contributed by atoms with Gasteiger partial charge in [-0.25, -0.2) is 4.79 Å². The third kappa shape index (κ3) is 6.10. The lowest BCUT2D eigenvalue weighted by molar-refractivity contribution is 0.0357. The lowest BCUT2D eigenvalue weighted by Crippen LogP contribution is -2.37. The molecule has 2 aliphatic rings. The monoisotopic (exact) mass is 500 g/mol. The summed E-state index contributed by atoms with van der Waals surface area (Å²) in [7, 11) is 0. The molecule has 3 aromatic carbocycles. The van der Waals surface area contributed by atoms with Crippen LogP contribution in [0.4, 0.5) is 16.2 Å². The van der Waals surface area contributed by atoms with E-state index in [4.69, 9.17) is 9.47 Å². The van der Waals surface area contributed by atoms with Gasteiger partial charge in [0.05, 0.1) is 25.4 Å². The largest absolute Gasteiger partial charge is 0.493 e. The highest BCUT2D eigenvalue weighted by molar-refractivity contribution is 6.03. The fourth-order valence-corrected chi connectivity index (χ4v) is 4.75. The molecule has 0 bridgehead atoms. The van der Waals surface area contributed by atoms with E-state index in [1.807, 2.05) is 67.6 Å². The van der Waals surface area contributed by atoms with Crippen LogP contribution < -0.4 is 20.7 Å². The number of nitrogens with one attached hydrogen (secondary N) is 3. The SMILES string of the molecule is Cc1cccc(NC(=O)Nc2ccc(-c3ccc(OCCCN4CCOCC4)c4c3CNC4=O)cc2)c1. The first-order chi connectivity index (χ1) is 18.1. The van der Waals surface area contributed by atoms with E-state index in [0.29, 0.717) is 30.2 Å². The maximum atomic E-state index is 12.6. The Morgan fingerprint density at radius 2 is 1.81 bits per heavy atom. The summed E-state index contributed by atoms with van der Waals surface area (Å²) in [6.07, 6.45) is 0.893. The topological polar surface area (TPSA) is 91.9 Å². The molecule has 0 aliphatic carbocycles. The van der Waals surface area contributed by atoms with Gasteiger partial charge in [-0.3, -0.25) is 9.69 Å². The number of hydrogen-bond donors (Lipinski definition) is 3. The molecule has 8 nitrogen and oxygen atoms in total. The number of rotatable bonds is 8. The van der Waals surface area contributed by atoms with E-state index < -0.39 is 0 Å². The average Bonchev–Trinajstić information content (AvgIpc) is 3.29. The van der Waals surface area contributed by atoms with Crippen LogP contribution in [0.3, 0.4) is 0 Å². The highest BCUT2D eigenvalue weighted by Gasteiger charge is 2.27. The molecule has 3 N–H and O–H groups in total. The minimum absolute atomic E-state index is 0.105. The van der Waals surface area contributed by atoms with Crippen LogP contribution in [0.25, 0.3) is 11.1 Å². The Labute approximate surface area is 217 Å². The van der Waals surface area contributed by atoms with E-state index in [9.17, 15) is 9.59 Å². The number of amides is 3. The lowest BCUT2D eigenvalue weighted by atomic mass is 9.96. The van der Waals surface area contributed by atoms with Crippen LogP contribution in [-0.2, 0) is 11.3 Å². The van der Waals surface area contributed by atoms with Gasteiger partial charge in [-0.1, -0.05) is 30.3 Å². The first kappa shape index (κ1) is 24.8. The van der Waals surface area contributed by atoms with E-state index in [0.717, 1.165) is 67.2 Å². The van der Waals surface area contributed by atoms with Crippen molar-refractivity contribution >= 4 is 23.3 Å². The Hall–Kier alpha value is -3.88. The molecule has 192 valence electrons. The maximum Gasteiger partial charge on any atom is 0.323 e. The second-order valence-corrected chi connectivity index (χ2v) is 9.33. The number of benzene rings is 3. The molecule has 0 aromatic heterocycles. The van der Waals surface area contributed by atoms with Crippen molar-refractivity contribution in [2.24, 2.45) is 0 Å². The van der Waals surface area contributed by atoms with E-state index in [1.54, 1.807) is 0 Å². The molecule has 2 heterocycles. The number of anilines is 2. The van der Waals surface area contributed by atoms with Crippen molar-refractivity contribution in [1.82, 2.24) is 10.2 Å². The van der Waals surface area contributed by atoms with Gasteiger partial charge in [0, 0.05) is 37.6 Å². The number of fused-ring (bicyclic) bond motifs is 1. The summed E-state index contributed by atoms with van der Waals surface area (Å²) in [6, 6.07) is 18.8. The van der Waals surface area contributed by atoms with E-state index in [2.05, 4.69) is 20.9 Å². The molecule has 1 saturated heterocycles. The maximum absolute atomic E-state index is 12.6. The van der Waals surface area contributed by atoms with Crippen molar-refractivity contribution < 1.29 is 19.1 Å². The van der Waals surface area contributed by atoms with E-state index in [1.165, 1.54) is 0 Å². The van der Waals surface area contributed by atoms with Gasteiger partial charge in [0.25, 0.3) is 5.91 Å². The first-order valence-corrected chi connectivity index (χ1v) is 12.7. The molecule has 0 atom stereocenters. The van der Waals surface area contributed by atoms with E-state index in [-0.39, 0.29) is 11.9 Å². The van der Waals surface area contributed by atoms with Crippen molar-refractivity contribution in [3.05, 3.63) is 77.4 Å². The number of hydrogen-bond acceptors (Lipinski definition) is 5. The van der Waals surface area contributed by atoms with Gasteiger partial charge in [0.15, 0.2) is 0 Å². The summed E-state index contributed by atoms with van der Waals surface area (Å²) in [4.78, 5) is 27.4. The van der Waals surface area contributed by atoms with Gasteiger partial charge in [-0.2, -0.15) is 0 Å². The predicted octanol–water partition coefficient (Wildman–Crippen LogP) is 4.65. The zero-order chi connectivity index (χ0) is 25.6. The fourth-order valence-electron chi connectivity index (χ4n) is 4.75. The van der Waals surface area contributed by atoms with Crippen molar-refractivity contribution in [3.8, 4) is 16.9 Å². The predicted molar refractivity (Wildman–Crippen MR) is 144 cm³/mol. The number of carbonyl (C=O) groups is 2. The Morgan fingerprint density at radius 3 is 2.59 bits per heavy atom. The van der Waals surface area contributed by atoms with Gasteiger partial charge in [-0.05, 0) is 65.9 Å². The highest BCUT2D eigenvalue weighted by atomic mass is 16.5. The average molecular weight is 501 g/mol. The van der Waals surface area contributed by atoms with Gasteiger partial charge in [0.2, 0.25) is 0 Å². The molecule has 5 rings (SSSR count). The van der Waals surface area contributed by atoms with Crippen LogP contribution >= 0.6 is 0 Å². The molecule has 8 heteroatoms. The third-order valence-electron chi connectivity index (χ3n) is 6.64. The molecule has 3 aromatic rings. The van der Waals surface area contributed by atoms with Gasteiger partial charge >= 0.3 is 6.03 Å². The zero-order valence-corrected chi connectivity index (χ0v) is 21.0. The molecule has 0 spiro atoms.